The minimum Gasteiger partial charge on any atom is -0.392 e. The second-order valence-electron chi connectivity index (χ2n) is 7.48. The Morgan fingerprint density at radius 1 is 1.22 bits per heavy atom. The summed E-state index contributed by atoms with van der Waals surface area (Å²) in [7, 11) is 0. The number of nitrogens with zero attached hydrogens (tertiary/aromatic N) is 1. The summed E-state index contributed by atoms with van der Waals surface area (Å²) >= 11 is 0. The normalized spacial score (nSPS) is 28.3. The molecular formula is C19H24N4O4. The van der Waals surface area contributed by atoms with Crippen molar-refractivity contribution >= 4 is 17.7 Å². The third kappa shape index (κ3) is 3.60. The third-order valence-corrected chi connectivity index (χ3v) is 5.55. The summed E-state index contributed by atoms with van der Waals surface area (Å²) < 4.78 is 0. The molecule has 3 aliphatic heterocycles. The van der Waals surface area contributed by atoms with Crippen LogP contribution in [0.25, 0.3) is 0 Å². The van der Waals surface area contributed by atoms with Crippen LogP contribution in [0.3, 0.4) is 0 Å². The lowest BCUT2D eigenvalue weighted by molar-refractivity contribution is -0.136. The van der Waals surface area contributed by atoms with Gasteiger partial charge in [0, 0.05) is 44.2 Å². The van der Waals surface area contributed by atoms with Crippen molar-refractivity contribution < 1.29 is 19.5 Å². The molecule has 0 radical (unpaired) electrons. The molecule has 0 aromatic heterocycles. The van der Waals surface area contributed by atoms with Crippen molar-refractivity contribution in [2.75, 3.05) is 13.1 Å². The van der Waals surface area contributed by atoms with Crippen molar-refractivity contribution in [1.29, 1.82) is 0 Å². The smallest absolute Gasteiger partial charge is 0.255 e. The average molecular weight is 372 g/mol. The summed E-state index contributed by atoms with van der Waals surface area (Å²) in [5.74, 6) is -0.832. The highest BCUT2D eigenvalue weighted by atomic mass is 16.3. The predicted octanol–water partition coefficient (Wildman–Crippen LogP) is -0.740. The number of carbonyl (C=O) groups is 3. The van der Waals surface area contributed by atoms with E-state index in [4.69, 9.17) is 0 Å². The lowest BCUT2D eigenvalue weighted by Crippen LogP contribution is -2.52. The zero-order valence-corrected chi connectivity index (χ0v) is 15.0. The lowest BCUT2D eigenvalue weighted by Gasteiger charge is -2.29. The Bertz CT molecular complexity index is 781. The Hall–Kier alpha value is -2.29. The second-order valence-corrected chi connectivity index (χ2v) is 7.48. The monoisotopic (exact) mass is 372 g/mol. The van der Waals surface area contributed by atoms with Gasteiger partial charge in [0.15, 0.2) is 0 Å². The number of β-amino-alcohol motifs (C(OH)–C–C–N with tert-alkyl or cyclic N) is 1. The number of rotatable bonds is 4. The molecule has 0 spiro atoms. The van der Waals surface area contributed by atoms with Gasteiger partial charge in [0.1, 0.15) is 6.04 Å². The van der Waals surface area contributed by atoms with Gasteiger partial charge in [-0.05, 0) is 24.0 Å². The molecule has 4 N–H and O–H groups in total. The number of fused-ring (bicyclic) bond motifs is 1. The first-order valence-electron chi connectivity index (χ1n) is 9.40. The number of imide groups is 1. The van der Waals surface area contributed by atoms with Gasteiger partial charge in [-0.15, -0.1) is 0 Å². The summed E-state index contributed by atoms with van der Waals surface area (Å²) in [6, 6.07) is 5.30. The Balaban J connectivity index is 1.48. The third-order valence-electron chi connectivity index (χ3n) is 5.55. The van der Waals surface area contributed by atoms with Crippen LogP contribution in [0.15, 0.2) is 18.2 Å². The average Bonchev–Trinajstić information content (AvgIpc) is 2.97. The fourth-order valence-electron chi connectivity index (χ4n) is 4.17. The zero-order valence-electron chi connectivity index (χ0n) is 15.0. The molecular weight excluding hydrogens is 348 g/mol. The van der Waals surface area contributed by atoms with E-state index in [1.165, 1.54) is 0 Å². The van der Waals surface area contributed by atoms with Gasteiger partial charge in [-0.25, -0.2) is 0 Å². The van der Waals surface area contributed by atoms with E-state index >= 15 is 0 Å². The van der Waals surface area contributed by atoms with Crippen LogP contribution in [0.1, 0.15) is 40.7 Å². The predicted molar refractivity (Wildman–Crippen MR) is 96.6 cm³/mol. The SMILES string of the molecule is O=C1CCC(N2Cc3cccc(CN[C@@H]4CNC[C@@H](O)C4)c3C2=O)C(=O)N1. The van der Waals surface area contributed by atoms with Crippen LogP contribution >= 0.6 is 0 Å². The fourth-order valence-corrected chi connectivity index (χ4v) is 4.17. The topological polar surface area (TPSA) is 111 Å². The van der Waals surface area contributed by atoms with Crippen LogP contribution in [0.2, 0.25) is 0 Å². The van der Waals surface area contributed by atoms with Gasteiger partial charge in [-0.3, -0.25) is 19.7 Å². The number of nitrogens with one attached hydrogen (secondary N) is 3. The summed E-state index contributed by atoms with van der Waals surface area (Å²) in [5, 5.41) is 18.7. The van der Waals surface area contributed by atoms with Crippen molar-refractivity contribution in [2.24, 2.45) is 0 Å². The summed E-state index contributed by atoms with van der Waals surface area (Å²) in [4.78, 5) is 38.1. The second kappa shape index (κ2) is 7.38. The van der Waals surface area contributed by atoms with Gasteiger partial charge >= 0.3 is 0 Å². The number of piperidine rings is 2. The van der Waals surface area contributed by atoms with Gasteiger partial charge in [-0.2, -0.15) is 0 Å². The van der Waals surface area contributed by atoms with Gasteiger partial charge < -0.3 is 20.6 Å². The molecule has 0 aliphatic carbocycles. The molecule has 8 heteroatoms. The van der Waals surface area contributed by atoms with E-state index < -0.39 is 11.9 Å². The van der Waals surface area contributed by atoms with E-state index in [0.29, 0.717) is 38.0 Å². The minimum absolute atomic E-state index is 0.146. The van der Waals surface area contributed by atoms with E-state index in [1.807, 2.05) is 18.2 Å². The first-order chi connectivity index (χ1) is 13.0. The molecule has 1 aromatic carbocycles. The van der Waals surface area contributed by atoms with E-state index in [-0.39, 0.29) is 30.4 Å². The summed E-state index contributed by atoms with van der Waals surface area (Å²) in [5.41, 5.74) is 2.46. The molecule has 2 fully saturated rings. The highest BCUT2D eigenvalue weighted by molar-refractivity contribution is 6.05. The Morgan fingerprint density at radius 3 is 2.85 bits per heavy atom. The first kappa shape index (κ1) is 18.1. The summed E-state index contributed by atoms with van der Waals surface area (Å²) in [6.45, 7) is 2.30. The van der Waals surface area contributed by atoms with Crippen LogP contribution < -0.4 is 16.0 Å². The Labute approximate surface area is 157 Å². The van der Waals surface area contributed by atoms with E-state index in [9.17, 15) is 19.5 Å². The zero-order chi connectivity index (χ0) is 19.0. The molecule has 3 atom stereocenters. The van der Waals surface area contributed by atoms with E-state index in [1.54, 1.807) is 4.90 Å². The number of amides is 3. The van der Waals surface area contributed by atoms with Crippen molar-refractivity contribution in [3.8, 4) is 0 Å². The van der Waals surface area contributed by atoms with Gasteiger partial charge in [0.25, 0.3) is 5.91 Å². The molecule has 3 amide bonds. The molecule has 4 rings (SSSR count). The maximum absolute atomic E-state index is 13.0. The maximum atomic E-state index is 13.0. The maximum Gasteiger partial charge on any atom is 0.255 e. The number of aliphatic hydroxyl groups is 1. The molecule has 3 aliphatic rings. The van der Waals surface area contributed by atoms with Crippen LogP contribution in [0.4, 0.5) is 0 Å². The number of hydrogen-bond donors (Lipinski definition) is 4. The van der Waals surface area contributed by atoms with Crippen molar-refractivity contribution in [3.05, 3.63) is 34.9 Å². The number of aliphatic hydroxyl groups excluding tert-OH is 1. The number of benzene rings is 1. The number of carbonyl (C=O) groups excluding carboxylic acids is 3. The molecule has 3 heterocycles. The molecule has 8 nitrogen and oxygen atoms in total. The molecule has 0 saturated carbocycles. The first-order valence-corrected chi connectivity index (χ1v) is 9.40. The standard InChI is InChI=1S/C19H24N4O4/c24-14-6-13(8-20-9-14)21-7-11-2-1-3-12-10-23(19(27)17(11)12)15-4-5-16(25)22-18(15)26/h1-3,13-15,20-21,24H,4-10H2,(H,22,25,26)/t13-,14-,15?/m0/s1. The van der Waals surface area contributed by atoms with E-state index in [0.717, 1.165) is 17.7 Å². The van der Waals surface area contributed by atoms with Crippen LogP contribution in [-0.4, -0.2) is 59.0 Å². The molecule has 2 saturated heterocycles. The lowest BCUT2D eigenvalue weighted by atomic mass is 10.0. The van der Waals surface area contributed by atoms with E-state index in [2.05, 4.69) is 16.0 Å². The molecule has 27 heavy (non-hydrogen) atoms. The van der Waals surface area contributed by atoms with Crippen LogP contribution in [0, 0.1) is 0 Å². The molecule has 1 unspecified atom stereocenters. The van der Waals surface area contributed by atoms with Crippen molar-refractivity contribution in [2.45, 2.75) is 50.5 Å². The fraction of sp³-hybridized carbons (Fsp3) is 0.526. The molecule has 1 aromatic rings. The summed E-state index contributed by atoms with van der Waals surface area (Å²) in [6.07, 6.45) is 0.937. The molecule has 144 valence electrons. The van der Waals surface area contributed by atoms with Crippen molar-refractivity contribution in [3.63, 3.8) is 0 Å². The van der Waals surface area contributed by atoms with Crippen LogP contribution in [0.5, 0.6) is 0 Å². The van der Waals surface area contributed by atoms with Gasteiger partial charge in [-0.1, -0.05) is 18.2 Å². The highest BCUT2D eigenvalue weighted by Crippen LogP contribution is 2.29. The number of hydrogen-bond acceptors (Lipinski definition) is 6. The van der Waals surface area contributed by atoms with Gasteiger partial charge in [0.2, 0.25) is 11.8 Å². The highest BCUT2D eigenvalue weighted by Gasteiger charge is 2.39. The van der Waals surface area contributed by atoms with Crippen LogP contribution in [-0.2, 0) is 22.7 Å². The Kier molecular flexibility index (Phi) is 4.94. The largest absolute Gasteiger partial charge is 0.392 e. The quantitative estimate of drug-likeness (QED) is 0.518. The molecule has 0 bridgehead atoms. The van der Waals surface area contributed by atoms with Crippen molar-refractivity contribution in [1.82, 2.24) is 20.9 Å². The Morgan fingerprint density at radius 2 is 2.07 bits per heavy atom. The minimum atomic E-state index is -0.596. The van der Waals surface area contributed by atoms with Gasteiger partial charge in [0.05, 0.1) is 6.10 Å².